The lowest BCUT2D eigenvalue weighted by Crippen LogP contribution is -2.54. The van der Waals surface area contributed by atoms with Gasteiger partial charge in [-0.15, -0.1) is 0 Å². The maximum absolute atomic E-state index is 13.5. The molecule has 2 aliphatic rings. The van der Waals surface area contributed by atoms with Crippen LogP contribution in [0.25, 0.3) is 10.9 Å². The number of halogens is 1. The second-order valence-electron chi connectivity index (χ2n) is 6.81. The van der Waals surface area contributed by atoms with Crippen LogP contribution in [0.5, 0.6) is 0 Å². The van der Waals surface area contributed by atoms with Crippen LogP contribution in [-0.4, -0.2) is 67.4 Å². The Kier molecular flexibility index (Phi) is 4.84. The minimum atomic E-state index is -0.362. The third-order valence-electron chi connectivity index (χ3n) is 5.03. The number of carbonyl (C=O) groups excluding carboxylic acids is 1. The first-order chi connectivity index (χ1) is 12.6. The van der Waals surface area contributed by atoms with Crippen molar-refractivity contribution in [3.05, 3.63) is 41.3 Å². The van der Waals surface area contributed by atoms with Gasteiger partial charge in [0.25, 0.3) is 5.91 Å². The van der Waals surface area contributed by atoms with Crippen molar-refractivity contribution < 1.29 is 18.7 Å². The smallest absolute Gasteiger partial charge is 0.252 e. The Morgan fingerprint density at radius 3 is 2.85 bits per heavy atom. The number of carbonyl (C=O) groups is 1. The van der Waals surface area contributed by atoms with E-state index in [1.807, 2.05) is 0 Å². The summed E-state index contributed by atoms with van der Waals surface area (Å²) in [5.74, 6) is -0.542. The summed E-state index contributed by atoms with van der Waals surface area (Å²) in [7, 11) is 0. The molecule has 4 rings (SSSR count). The summed E-state index contributed by atoms with van der Waals surface area (Å²) in [6, 6.07) is 6.13. The molecule has 1 aromatic carbocycles. The van der Waals surface area contributed by atoms with E-state index in [1.54, 1.807) is 19.1 Å². The van der Waals surface area contributed by atoms with Crippen molar-refractivity contribution in [1.29, 1.82) is 0 Å². The summed E-state index contributed by atoms with van der Waals surface area (Å²) in [6.45, 7) is 5.99. The van der Waals surface area contributed by atoms with E-state index < -0.39 is 0 Å². The highest BCUT2D eigenvalue weighted by atomic mass is 19.1. The van der Waals surface area contributed by atoms with Gasteiger partial charge >= 0.3 is 0 Å². The molecule has 26 heavy (non-hydrogen) atoms. The monoisotopic (exact) mass is 359 g/mol. The van der Waals surface area contributed by atoms with Crippen molar-refractivity contribution in [2.24, 2.45) is 0 Å². The lowest BCUT2D eigenvalue weighted by Gasteiger charge is -2.34. The standard InChI is InChI=1S/C19H22FN3O3/c1-12-8-15(14-3-2-13(20)9-16(14)21-12)19(24)22-17-10-26-11-18(17)23-4-6-25-7-5-23/h2-3,8-9,17-18H,4-7,10-11H2,1H3,(H,22,24)/t17-,18-/m1/s1. The van der Waals surface area contributed by atoms with Crippen LogP contribution in [0, 0.1) is 12.7 Å². The van der Waals surface area contributed by atoms with Gasteiger partial charge in [0, 0.05) is 30.2 Å². The molecule has 0 spiro atoms. The van der Waals surface area contributed by atoms with Crippen molar-refractivity contribution in [2.45, 2.75) is 19.0 Å². The number of aryl methyl sites for hydroxylation is 1. The molecule has 138 valence electrons. The fourth-order valence-corrected chi connectivity index (χ4v) is 3.72. The lowest BCUT2D eigenvalue weighted by atomic mass is 10.0. The average Bonchev–Trinajstić information content (AvgIpc) is 3.09. The largest absolute Gasteiger partial charge is 0.379 e. The summed E-state index contributed by atoms with van der Waals surface area (Å²) in [4.78, 5) is 19.6. The normalized spacial score (nSPS) is 24.1. The number of benzene rings is 1. The summed E-state index contributed by atoms with van der Waals surface area (Å²) in [6.07, 6.45) is 0. The predicted octanol–water partition coefficient (Wildman–Crippen LogP) is 1.51. The Hall–Kier alpha value is -2.09. The highest BCUT2D eigenvalue weighted by Crippen LogP contribution is 2.21. The fraction of sp³-hybridized carbons (Fsp3) is 0.474. The third kappa shape index (κ3) is 3.42. The van der Waals surface area contributed by atoms with Crippen molar-refractivity contribution in [3.8, 4) is 0 Å². The molecule has 1 amide bonds. The molecule has 0 bridgehead atoms. The number of rotatable bonds is 3. The minimum Gasteiger partial charge on any atom is -0.379 e. The van der Waals surface area contributed by atoms with Crippen LogP contribution < -0.4 is 5.32 Å². The molecule has 0 aliphatic carbocycles. The number of hydrogen-bond donors (Lipinski definition) is 1. The fourth-order valence-electron chi connectivity index (χ4n) is 3.72. The summed E-state index contributed by atoms with van der Waals surface area (Å²) < 4.78 is 24.5. The van der Waals surface area contributed by atoms with Gasteiger partial charge in [-0.2, -0.15) is 0 Å². The first-order valence-corrected chi connectivity index (χ1v) is 8.89. The molecule has 2 aromatic rings. The second-order valence-corrected chi connectivity index (χ2v) is 6.81. The Bertz CT molecular complexity index is 818. The van der Waals surface area contributed by atoms with Crippen LogP contribution in [0.15, 0.2) is 24.3 Å². The van der Waals surface area contributed by atoms with Gasteiger partial charge in [0.15, 0.2) is 0 Å². The number of nitrogens with one attached hydrogen (secondary N) is 1. The van der Waals surface area contributed by atoms with Gasteiger partial charge in [0.1, 0.15) is 5.82 Å². The summed E-state index contributed by atoms with van der Waals surface area (Å²) in [5, 5.41) is 3.76. The number of ether oxygens (including phenoxy) is 2. The molecule has 3 heterocycles. The number of amides is 1. The molecule has 2 aliphatic heterocycles. The molecule has 0 radical (unpaired) electrons. The lowest BCUT2D eigenvalue weighted by molar-refractivity contribution is 0.0108. The number of hydrogen-bond acceptors (Lipinski definition) is 5. The Balaban J connectivity index is 1.57. The highest BCUT2D eigenvalue weighted by molar-refractivity contribution is 6.06. The number of nitrogens with zero attached hydrogens (tertiary/aromatic N) is 2. The van der Waals surface area contributed by atoms with Gasteiger partial charge in [-0.1, -0.05) is 0 Å². The van der Waals surface area contributed by atoms with E-state index in [9.17, 15) is 9.18 Å². The van der Waals surface area contributed by atoms with E-state index in [0.717, 1.165) is 13.1 Å². The Morgan fingerprint density at radius 2 is 2.04 bits per heavy atom. The van der Waals surface area contributed by atoms with Crippen LogP contribution >= 0.6 is 0 Å². The number of morpholine rings is 1. The van der Waals surface area contributed by atoms with Crippen molar-refractivity contribution >= 4 is 16.8 Å². The first-order valence-electron chi connectivity index (χ1n) is 8.89. The summed E-state index contributed by atoms with van der Waals surface area (Å²) >= 11 is 0. The number of pyridine rings is 1. The van der Waals surface area contributed by atoms with Gasteiger partial charge in [0.2, 0.25) is 0 Å². The molecule has 2 atom stereocenters. The van der Waals surface area contributed by atoms with Crippen LogP contribution in [0.3, 0.4) is 0 Å². The van der Waals surface area contributed by atoms with E-state index in [4.69, 9.17) is 9.47 Å². The van der Waals surface area contributed by atoms with E-state index in [2.05, 4.69) is 15.2 Å². The Morgan fingerprint density at radius 1 is 1.23 bits per heavy atom. The van der Waals surface area contributed by atoms with Crippen LogP contribution in [-0.2, 0) is 9.47 Å². The molecule has 2 saturated heterocycles. The van der Waals surface area contributed by atoms with E-state index in [0.29, 0.717) is 48.6 Å². The van der Waals surface area contributed by atoms with Gasteiger partial charge in [-0.05, 0) is 25.1 Å². The zero-order valence-electron chi connectivity index (χ0n) is 14.7. The third-order valence-corrected chi connectivity index (χ3v) is 5.03. The molecule has 7 heteroatoms. The maximum atomic E-state index is 13.5. The van der Waals surface area contributed by atoms with Crippen LogP contribution in [0.2, 0.25) is 0 Å². The van der Waals surface area contributed by atoms with Gasteiger partial charge in [0.05, 0.1) is 49.6 Å². The molecule has 1 N–H and O–H groups in total. The first kappa shape index (κ1) is 17.3. The van der Waals surface area contributed by atoms with E-state index in [-0.39, 0.29) is 23.8 Å². The molecule has 1 aromatic heterocycles. The Labute approximate surface area is 151 Å². The highest BCUT2D eigenvalue weighted by Gasteiger charge is 2.35. The predicted molar refractivity (Wildman–Crippen MR) is 94.7 cm³/mol. The second kappa shape index (κ2) is 7.26. The zero-order chi connectivity index (χ0) is 18.1. The summed E-state index contributed by atoms with van der Waals surface area (Å²) in [5.41, 5.74) is 1.68. The van der Waals surface area contributed by atoms with E-state index in [1.165, 1.54) is 12.1 Å². The van der Waals surface area contributed by atoms with E-state index >= 15 is 0 Å². The van der Waals surface area contributed by atoms with Crippen molar-refractivity contribution in [3.63, 3.8) is 0 Å². The molecule has 0 unspecified atom stereocenters. The number of aromatic nitrogens is 1. The van der Waals surface area contributed by atoms with Gasteiger partial charge in [-0.25, -0.2) is 4.39 Å². The quantitative estimate of drug-likeness (QED) is 0.900. The van der Waals surface area contributed by atoms with Crippen LogP contribution in [0.4, 0.5) is 4.39 Å². The SMILES string of the molecule is Cc1cc(C(=O)N[C@@H]2COC[C@H]2N2CCOCC2)c2ccc(F)cc2n1. The number of fused-ring (bicyclic) bond motifs is 1. The van der Waals surface area contributed by atoms with Gasteiger partial charge < -0.3 is 14.8 Å². The van der Waals surface area contributed by atoms with Crippen molar-refractivity contribution in [1.82, 2.24) is 15.2 Å². The molecule has 0 saturated carbocycles. The van der Waals surface area contributed by atoms with Gasteiger partial charge in [-0.3, -0.25) is 14.7 Å². The van der Waals surface area contributed by atoms with Crippen LogP contribution in [0.1, 0.15) is 16.1 Å². The molecule has 2 fully saturated rings. The minimum absolute atomic E-state index is 0.0791. The van der Waals surface area contributed by atoms with Crippen molar-refractivity contribution in [2.75, 3.05) is 39.5 Å². The molecular weight excluding hydrogens is 337 g/mol. The zero-order valence-corrected chi connectivity index (χ0v) is 14.7. The maximum Gasteiger partial charge on any atom is 0.252 e. The topological polar surface area (TPSA) is 63.7 Å². The average molecular weight is 359 g/mol. The molecular formula is C19H22FN3O3. The molecule has 6 nitrogen and oxygen atoms in total.